The summed E-state index contributed by atoms with van der Waals surface area (Å²) < 4.78 is 27.7. The predicted octanol–water partition coefficient (Wildman–Crippen LogP) is -0.433. The normalized spacial score (nSPS) is 21.3. The number of hydrogen-bond acceptors (Lipinski definition) is 4. The third-order valence-corrected chi connectivity index (χ3v) is 5.04. The quantitative estimate of drug-likeness (QED) is 0.817. The van der Waals surface area contributed by atoms with Crippen LogP contribution in [0.1, 0.15) is 12.8 Å². The highest BCUT2D eigenvalue weighted by molar-refractivity contribution is 7.89. The van der Waals surface area contributed by atoms with Crippen molar-refractivity contribution in [1.29, 1.82) is 0 Å². The van der Waals surface area contributed by atoms with Gasteiger partial charge >= 0.3 is 0 Å². The van der Waals surface area contributed by atoms with Crippen molar-refractivity contribution < 1.29 is 13.2 Å². The van der Waals surface area contributed by atoms with E-state index in [9.17, 15) is 13.2 Å². The summed E-state index contributed by atoms with van der Waals surface area (Å²) in [5, 5.41) is 2.61. The summed E-state index contributed by atoms with van der Waals surface area (Å²) >= 11 is 0. The molecule has 2 rings (SSSR count). The van der Waals surface area contributed by atoms with Crippen LogP contribution in [-0.2, 0) is 21.9 Å². The van der Waals surface area contributed by atoms with Crippen LogP contribution in [0.25, 0.3) is 0 Å². The third kappa shape index (κ3) is 2.79. The van der Waals surface area contributed by atoms with Crippen molar-refractivity contribution in [3.63, 3.8) is 0 Å². The minimum absolute atomic E-state index is 0.0348. The van der Waals surface area contributed by atoms with Gasteiger partial charge in [0.1, 0.15) is 0 Å². The van der Waals surface area contributed by atoms with Crippen molar-refractivity contribution >= 4 is 15.9 Å². The van der Waals surface area contributed by atoms with Crippen LogP contribution in [0.15, 0.2) is 17.6 Å². The van der Waals surface area contributed by atoms with E-state index in [1.54, 1.807) is 18.7 Å². The van der Waals surface area contributed by atoms with Crippen molar-refractivity contribution in [2.75, 3.05) is 20.1 Å². The zero-order chi connectivity index (χ0) is 14.0. The highest BCUT2D eigenvalue weighted by Crippen LogP contribution is 2.22. The maximum Gasteiger partial charge on any atom is 0.262 e. The number of aromatic nitrogens is 2. The summed E-state index contributed by atoms with van der Waals surface area (Å²) in [6.07, 6.45) is 4.32. The van der Waals surface area contributed by atoms with Gasteiger partial charge in [0.2, 0.25) is 5.91 Å². The van der Waals surface area contributed by atoms with E-state index in [1.807, 2.05) is 0 Å². The molecule has 0 bridgehead atoms. The minimum atomic E-state index is -3.59. The van der Waals surface area contributed by atoms with Crippen LogP contribution in [0.2, 0.25) is 0 Å². The lowest BCUT2D eigenvalue weighted by Crippen LogP contribution is -2.44. The van der Waals surface area contributed by atoms with Crippen molar-refractivity contribution in [3.8, 4) is 0 Å². The number of carbonyl (C=O) groups excluding carboxylic acids is 1. The minimum Gasteiger partial charge on any atom is -0.359 e. The second kappa shape index (κ2) is 5.30. The largest absolute Gasteiger partial charge is 0.359 e. The number of imidazole rings is 1. The Balaban J connectivity index is 2.19. The zero-order valence-corrected chi connectivity index (χ0v) is 11.9. The molecule has 0 aliphatic carbocycles. The van der Waals surface area contributed by atoms with Gasteiger partial charge in [0.05, 0.1) is 12.2 Å². The maximum atomic E-state index is 12.4. The first-order chi connectivity index (χ1) is 8.95. The van der Waals surface area contributed by atoms with E-state index in [0.717, 1.165) is 0 Å². The maximum absolute atomic E-state index is 12.4. The zero-order valence-electron chi connectivity index (χ0n) is 11.0. The smallest absolute Gasteiger partial charge is 0.262 e. The monoisotopic (exact) mass is 286 g/mol. The van der Waals surface area contributed by atoms with Crippen molar-refractivity contribution in [1.82, 2.24) is 19.2 Å². The summed E-state index contributed by atoms with van der Waals surface area (Å²) in [7, 11) is -0.313. The molecule has 0 spiro atoms. The summed E-state index contributed by atoms with van der Waals surface area (Å²) in [5.41, 5.74) is 0. The Morgan fingerprint density at radius 1 is 1.53 bits per heavy atom. The third-order valence-electron chi connectivity index (χ3n) is 3.29. The molecule has 0 radical (unpaired) electrons. The molecule has 0 unspecified atom stereocenters. The van der Waals surface area contributed by atoms with Crippen LogP contribution >= 0.6 is 0 Å². The molecule has 1 N–H and O–H groups in total. The van der Waals surface area contributed by atoms with E-state index in [4.69, 9.17) is 0 Å². The summed E-state index contributed by atoms with van der Waals surface area (Å²) in [6.45, 7) is 0.658. The number of carbonyl (C=O) groups is 1. The molecule has 1 aromatic heterocycles. The molecule has 1 saturated heterocycles. The Morgan fingerprint density at radius 2 is 2.26 bits per heavy atom. The number of hydrogen-bond donors (Lipinski definition) is 1. The first-order valence-electron chi connectivity index (χ1n) is 6.15. The molecule has 1 aliphatic rings. The number of piperidine rings is 1. The van der Waals surface area contributed by atoms with Crippen LogP contribution in [0.4, 0.5) is 0 Å². The fourth-order valence-corrected chi connectivity index (χ4v) is 3.72. The van der Waals surface area contributed by atoms with Crippen LogP contribution < -0.4 is 5.32 Å². The average Bonchev–Trinajstić information content (AvgIpc) is 2.85. The summed E-state index contributed by atoms with van der Waals surface area (Å²) in [6, 6.07) is 0. The van der Waals surface area contributed by atoms with E-state index < -0.39 is 10.0 Å². The second-order valence-corrected chi connectivity index (χ2v) is 6.58. The molecule has 7 nitrogen and oxygen atoms in total. The Bertz CT molecular complexity index is 566. The molecule has 1 aliphatic heterocycles. The summed E-state index contributed by atoms with van der Waals surface area (Å²) in [4.78, 5) is 15.5. The van der Waals surface area contributed by atoms with Crippen LogP contribution in [0, 0.1) is 5.92 Å². The number of nitrogens with zero attached hydrogens (tertiary/aromatic N) is 3. The van der Waals surface area contributed by atoms with Gasteiger partial charge in [-0.15, -0.1) is 0 Å². The number of amides is 1. The number of sulfonamides is 1. The fraction of sp³-hybridized carbons (Fsp3) is 0.636. The van der Waals surface area contributed by atoms with E-state index in [-0.39, 0.29) is 23.4 Å². The lowest BCUT2D eigenvalue weighted by Gasteiger charge is -2.30. The van der Waals surface area contributed by atoms with E-state index in [2.05, 4.69) is 10.3 Å². The highest BCUT2D eigenvalue weighted by Gasteiger charge is 2.33. The fourth-order valence-electron chi connectivity index (χ4n) is 2.23. The van der Waals surface area contributed by atoms with Crippen molar-refractivity contribution in [2.45, 2.75) is 17.9 Å². The van der Waals surface area contributed by atoms with Crippen LogP contribution in [-0.4, -0.2) is 48.3 Å². The van der Waals surface area contributed by atoms with Gasteiger partial charge in [0.25, 0.3) is 10.0 Å². The van der Waals surface area contributed by atoms with Crippen molar-refractivity contribution in [2.24, 2.45) is 13.0 Å². The predicted molar refractivity (Wildman–Crippen MR) is 68.8 cm³/mol. The van der Waals surface area contributed by atoms with Gasteiger partial charge in [0, 0.05) is 33.4 Å². The molecule has 1 fully saturated rings. The van der Waals surface area contributed by atoms with Crippen LogP contribution in [0.3, 0.4) is 0 Å². The van der Waals surface area contributed by atoms with Gasteiger partial charge in [-0.1, -0.05) is 0 Å². The topological polar surface area (TPSA) is 84.3 Å². The van der Waals surface area contributed by atoms with Gasteiger partial charge in [-0.25, -0.2) is 13.4 Å². The van der Waals surface area contributed by atoms with Gasteiger partial charge in [-0.2, -0.15) is 4.31 Å². The molecule has 0 saturated carbocycles. The first-order valence-corrected chi connectivity index (χ1v) is 7.59. The molecule has 1 amide bonds. The Kier molecular flexibility index (Phi) is 3.91. The molecule has 8 heteroatoms. The van der Waals surface area contributed by atoms with E-state index in [1.165, 1.54) is 16.8 Å². The number of aryl methyl sites for hydroxylation is 1. The lowest BCUT2D eigenvalue weighted by molar-refractivity contribution is -0.125. The Hall–Kier alpha value is -1.41. The summed E-state index contributed by atoms with van der Waals surface area (Å²) in [5.74, 6) is -0.391. The van der Waals surface area contributed by atoms with Crippen molar-refractivity contribution in [3.05, 3.63) is 12.5 Å². The van der Waals surface area contributed by atoms with Gasteiger partial charge < -0.3 is 9.88 Å². The highest BCUT2D eigenvalue weighted by atomic mass is 32.2. The first kappa shape index (κ1) is 14.0. The lowest BCUT2D eigenvalue weighted by atomic mass is 9.99. The Labute approximate surface area is 112 Å². The van der Waals surface area contributed by atoms with Gasteiger partial charge in [-0.05, 0) is 12.8 Å². The van der Waals surface area contributed by atoms with E-state index in [0.29, 0.717) is 19.4 Å². The Morgan fingerprint density at radius 3 is 2.84 bits per heavy atom. The molecular formula is C11H18N4O3S. The van der Waals surface area contributed by atoms with E-state index >= 15 is 0 Å². The second-order valence-electron chi connectivity index (χ2n) is 4.69. The number of rotatable bonds is 3. The molecule has 2 heterocycles. The SMILES string of the molecule is CNC(=O)[C@@H]1CCCN(S(=O)(=O)c2cn(C)cn2)C1. The van der Waals surface area contributed by atoms with Gasteiger partial charge in [-0.3, -0.25) is 4.79 Å². The molecule has 0 aromatic carbocycles. The van der Waals surface area contributed by atoms with Crippen LogP contribution in [0.5, 0.6) is 0 Å². The molecule has 1 aromatic rings. The van der Waals surface area contributed by atoms with Gasteiger partial charge in [0.15, 0.2) is 5.03 Å². The standard InChI is InChI=1S/C11H18N4O3S/c1-12-11(16)9-4-3-5-15(6-9)19(17,18)10-7-14(2)8-13-10/h7-9H,3-6H2,1-2H3,(H,12,16)/t9-/m1/s1. The molecule has 106 valence electrons. The molecule has 19 heavy (non-hydrogen) atoms. The molecular weight excluding hydrogens is 268 g/mol. The average molecular weight is 286 g/mol. The number of nitrogens with one attached hydrogen (secondary N) is 1. The molecule has 1 atom stereocenters.